The number of aldehydes is 1. The number of aromatic nitrogens is 2. The molecule has 0 radical (unpaired) electrons. The van der Waals surface area contributed by atoms with Gasteiger partial charge in [-0.2, -0.15) is 0 Å². The van der Waals surface area contributed by atoms with E-state index < -0.39 is 5.97 Å². The van der Waals surface area contributed by atoms with Crippen LogP contribution < -0.4 is 0 Å². The number of nitrogens with zero attached hydrogens (tertiary/aromatic N) is 1. The zero-order valence-corrected chi connectivity index (χ0v) is 10.5. The molecule has 0 aliphatic heterocycles. The highest BCUT2D eigenvalue weighted by molar-refractivity contribution is 9.10. The van der Waals surface area contributed by atoms with Crippen molar-refractivity contribution in [3.05, 3.63) is 16.1 Å². The van der Waals surface area contributed by atoms with Crippen LogP contribution in [-0.2, 0) is 4.74 Å². The summed E-state index contributed by atoms with van der Waals surface area (Å²) in [7, 11) is 0. The molecule has 0 bridgehead atoms. The van der Waals surface area contributed by atoms with Crippen molar-refractivity contribution in [1.82, 2.24) is 9.97 Å². The normalized spacial score (nSPS) is 10.1. The van der Waals surface area contributed by atoms with Gasteiger partial charge in [-0.25, -0.2) is 9.78 Å². The molecule has 0 spiro atoms. The average molecular weight is 289 g/mol. The van der Waals surface area contributed by atoms with E-state index in [0.717, 1.165) is 19.3 Å². The van der Waals surface area contributed by atoms with Gasteiger partial charge >= 0.3 is 5.97 Å². The lowest BCUT2D eigenvalue weighted by Crippen LogP contribution is -2.09. The first-order valence-corrected chi connectivity index (χ1v) is 5.86. The Balaban J connectivity index is 2.55. The maximum atomic E-state index is 11.5. The summed E-state index contributed by atoms with van der Waals surface area (Å²) >= 11 is 3.05. The number of rotatable bonds is 6. The molecular formula is C10H13BrN2O3. The van der Waals surface area contributed by atoms with Crippen molar-refractivity contribution in [2.24, 2.45) is 0 Å². The Morgan fingerprint density at radius 3 is 2.94 bits per heavy atom. The topological polar surface area (TPSA) is 72.0 Å². The van der Waals surface area contributed by atoms with Crippen molar-refractivity contribution < 1.29 is 14.3 Å². The SMILES string of the molecule is CCCCCOC(=O)c1nc(Br)[nH]c1C=O. The summed E-state index contributed by atoms with van der Waals surface area (Å²) in [6.07, 6.45) is 3.44. The Hall–Kier alpha value is -1.17. The fourth-order valence-corrected chi connectivity index (χ4v) is 1.57. The van der Waals surface area contributed by atoms with Crippen LogP contribution in [0.3, 0.4) is 0 Å². The first kappa shape index (κ1) is 12.9. The van der Waals surface area contributed by atoms with Gasteiger partial charge < -0.3 is 9.72 Å². The number of hydrogen-bond acceptors (Lipinski definition) is 4. The number of aromatic amines is 1. The number of ether oxygens (including phenoxy) is 1. The second-order valence-electron chi connectivity index (χ2n) is 3.25. The lowest BCUT2D eigenvalue weighted by Gasteiger charge is -2.01. The number of unbranched alkanes of at least 4 members (excludes halogenated alkanes) is 2. The lowest BCUT2D eigenvalue weighted by atomic mass is 10.3. The molecule has 0 aliphatic rings. The second-order valence-corrected chi connectivity index (χ2v) is 4.00. The van der Waals surface area contributed by atoms with Crippen molar-refractivity contribution in [3.8, 4) is 0 Å². The van der Waals surface area contributed by atoms with E-state index in [9.17, 15) is 9.59 Å². The molecule has 0 amide bonds. The number of carbonyl (C=O) groups is 2. The van der Waals surface area contributed by atoms with Crippen molar-refractivity contribution in [2.75, 3.05) is 6.61 Å². The van der Waals surface area contributed by atoms with Crippen molar-refractivity contribution in [2.45, 2.75) is 26.2 Å². The highest BCUT2D eigenvalue weighted by Gasteiger charge is 2.17. The second kappa shape index (κ2) is 6.42. The molecule has 1 N–H and O–H groups in total. The quantitative estimate of drug-likeness (QED) is 0.495. The van der Waals surface area contributed by atoms with E-state index in [4.69, 9.17) is 4.74 Å². The summed E-state index contributed by atoms with van der Waals surface area (Å²) in [6.45, 7) is 2.42. The Labute approximate surface area is 102 Å². The first-order chi connectivity index (χ1) is 7.69. The smallest absolute Gasteiger partial charge is 0.359 e. The monoisotopic (exact) mass is 288 g/mol. The van der Waals surface area contributed by atoms with Gasteiger partial charge in [0.2, 0.25) is 0 Å². The maximum Gasteiger partial charge on any atom is 0.359 e. The van der Waals surface area contributed by atoms with Gasteiger partial charge in [0.15, 0.2) is 16.7 Å². The van der Waals surface area contributed by atoms with Crippen molar-refractivity contribution >= 4 is 28.2 Å². The molecular weight excluding hydrogens is 276 g/mol. The molecule has 0 fully saturated rings. The van der Waals surface area contributed by atoms with Gasteiger partial charge in [-0.05, 0) is 22.4 Å². The Bertz CT molecular complexity index is 376. The van der Waals surface area contributed by atoms with Gasteiger partial charge in [0.1, 0.15) is 5.69 Å². The Morgan fingerprint density at radius 2 is 2.31 bits per heavy atom. The minimum Gasteiger partial charge on any atom is -0.461 e. The molecule has 0 aliphatic carbocycles. The van der Waals surface area contributed by atoms with E-state index in [2.05, 4.69) is 32.8 Å². The summed E-state index contributed by atoms with van der Waals surface area (Å²) in [5.41, 5.74) is 0.158. The third-order valence-corrected chi connectivity index (χ3v) is 2.37. The molecule has 0 atom stereocenters. The molecule has 0 unspecified atom stereocenters. The van der Waals surface area contributed by atoms with Crippen molar-refractivity contribution in [1.29, 1.82) is 0 Å². The molecule has 88 valence electrons. The van der Waals surface area contributed by atoms with Crippen LogP contribution in [0.4, 0.5) is 0 Å². The lowest BCUT2D eigenvalue weighted by molar-refractivity contribution is 0.0489. The fraction of sp³-hybridized carbons (Fsp3) is 0.500. The highest BCUT2D eigenvalue weighted by atomic mass is 79.9. The first-order valence-electron chi connectivity index (χ1n) is 5.06. The molecule has 1 rings (SSSR count). The predicted octanol–water partition coefficient (Wildman–Crippen LogP) is 2.33. The zero-order chi connectivity index (χ0) is 12.0. The number of halogens is 1. The average Bonchev–Trinajstić information content (AvgIpc) is 2.65. The van der Waals surface area contributed by atoms with E-state index in [1.807, 2.05) is 0 Å². The molecule has 0 saturated carbocycles. The number of esters is 1. The number of nitrogens with one attached hydrogen (secondary N) is 1. The van der Waals surface area contributed by atoms with E-state index in [1.54, 1.807) is 0 Å². The maximum absolute atomic E-state index is 11.5. The van der Waals surface area contributed by atoms with Crippen LogP contribution >= 0.6 is 15.9 Å². The van der Waals surface area contributed by atoms with E-state index in [-0.39, 0.29) is 11.4 Å². The molecule has 6 heteroatoms. The standard InChI is InChI=1S/C10H13BrN2O3/c1-2-3-4-5-16-9(15)8-7(6-14)12-10(11)13-8/h6H,2-5H2,1H3,(H,12,13). The van der Waals surface area contributed by atoms with E-state index in [1.165, 1.54) is 0 Å². The van der Waals surface area contributed by atoms with Crippen LogP contribution in [0.25, 0.3) is 0 Å². The number of H-pyrrole nitrogens is 1. The number of imidazole rings is 1. The van der Waals surface area contributed by atoms with Crippen LogP contribution in [0.2, 0.25) is 0 Å². The molecule has 0 aromatic carbocycles. The van der Waals surface area contributed by atoms with Gasteiger partial charge in [0.05, 0.1) is 6.61 Å². The third-order valence-electron chi connectivity index (χ3n) is 2.00. The van der Waals surface area contributed by atoms with Crippen molar-refractivity contribution in [3.63, 3.8) is 0 Å². The van der Waals surface area contributed by atoms with Gasteiger partial charge in [0.25, 0.3) is 0 Å². The molecule has 5 nitrogen and oxygen atoms in total. The van der Waals surface area contributed by atoms with Crippen LogP contribution in [0.5, 0.6) is 0 Å². The Morgan fingerprint density at radius 1 is 1.56 bits per heavy atom. The Kier molecular flexibility index (Phi) is 5.18. The van der Waals surface area contributed by atoms with E-state index in [0.29, 0.717) is 17.6 Å². The minimum absolute atomic E-state index is 0.0263. The molecule has 1 aromatic rings. The summed E-state index contributed by atoms with van der Waals surface area (Å²) in [6, 6.07) is 0. The summed E-state index contributed by atoms with van der Waals surface area (Å²) < 4.78 is 5.33. The predicted molar refractivity (Wildman–Crippen MR) is 61.5 cm³/mol. The van der Waals surface area contributed by atoms with Crippen LogP contribution in [0.15, 0.2) is 4.73 Å². The molecule has 1 aromatic heterocycles. The molecule has 1 heterocycles. The minimum atomic E-state index is -0.569. The summed E-state index contributed by atoms with van der Waals surface area (Å²) in [5, 5.41) is 0. The third kappa shape index (κ3) is 3.44. The summed E-state index contributed by atoms with van der Waals surface area (Å²) in [5.74, 6) is -0.569. The van der Waals surface area contributed by atoms with Crippen LogP contribution in [-0.4, -0.2) is 28.8 Å². The zero-order valence-electron chi connectivity index (χ0n) is 8.96. The fourth-order valence-electron chi connectivity index (χ4n) is 1.18. The van der Waals surface area contributed by atoms with Gasteiger partial charge in [-0.1, -0.05) is 19.8 Å². The van der Waals surface area contributed by atoms with Crippen LogP contribution in [0, 0.1) is 0 Å². The molecule has 16 heavy (non-hydrogen) atoms. The summed E-state index contributed by atoms with van der Waals surface area (Å²) in [4.78, 5) is 28.6. The molecule has 0 saturated heterocycles. The van der Waals surface area contributed by atoms with Gasteiger partial charge in [0, 0.05) is 0 Å². The highest BCUT2D eigenvalue weighted by Crippen LogP contribution is 2.10. The van der Waals surface area contributed by atoms with Gasteiger partial charge in [-0.3, -0.25) is 4.79 Å². The number of carbonyl (C=O) groups excluding carboxylic acids is 2. The van der Waals surface area contributed by atoms with Crippen LogP contribution in [0.1, 0.15) is 47.2 Å². The van der Waals surface area contributed by atoms with E-state index >= 15 is 0 Å². The largest absolute Gasteiger partial charge is 0.461 e. The van der Waals surface area contributed by atoms with Gasteiger partial charge in [-0.15, -0.1) is 0 Å². The number of hydrogen-bond donors (Lipinski definition) is 1.